The topological polar surface area (TPSA) is 81.9 Å². The molecule has 0 aliphatic carbocycles. The van der Waals surface area contributed by atoms with Crippen LogP contribution in [0.15, 0.2) is 48.5 Å². The van der Waals surface area contributed by atoms with Crippen molar-refractivity contribution in [2.45, 2.75) is 18.8 Å². The van der Waals surface area contributed by atoms with E-state index in [1.807, 2.05) is 23.1 Å². The van der Waals surface area contributed by atoms with Gasteiger partial charge in [-0.1, -0.05) is 30.3 Å². The Morgan fingerprint density at radius 2 is 1.72 bits per heavy atom. The van der Waals surface area contributed by atoms with Gasteiger partial charge in [0, 0.05) is 37.4 Å². The molecule has 1 saturated heterocycles. The van der Waals surface area contributed by atoms with Crippen LogP contribution in [0.4, 0.5) is 0 Å². The van der Waals surface area contributed by atoms with Crippen molar-refractivity contribution >= 4 is 11.7 Å². The van der Waals surface area contributed by atoms with Crippen LogP contribution in [-0.4, -0.2) is 50.4 Å². The number of nitrogens with zero attached hydrogens (tertiary/aromatic N) is 1. The molecule has 1 heterocycles. The number of hydrogen-bond acceptors (Lipinski definition) is 5. The van der Waals surface area contributed by atoms with Gasteiger partial charge in [0.1, 0.15) is 0 Å². The van der Waals surface area contributed by atoms with Crippen molar-refractivity contribution in [2.75, 3.05) is 33.9 Å². The molecule has 3 rings (SSSR count). The van der Waals surface area contributed by atoms with Gasteiger partial charge < -0.3 is 20.1 Å². The summed E-state index contributed by atoms with van der Waals surface area (Å²) in [6.45, 7) is 1.82. The summed E-state index contributed by atoms with van der Waals surface area (Å²) >= 11 is 0. The van der Waals surface area contributed by atoms with E-state index in [1.54, 1.807) is 25.3 Å². The second kappa shape index (κ2) is 9.56. The highest BCUT2D eigenvalue weighted by molar-refractivity contribution is 5.98. The van der Waals surface area contributed by atoms with Crippen molar-refractivity contribution in [1.29, 1.82) is 0 Å². The molecule has 0 radical (unpaired) electrons. The van der Waals surface area contributed by atoms with Gasteiger partial charge in [0.2, 0.25) is 5.91 Å². The van der Waals surface area contributed by atoms with E-state index in [4.69, 9.17) is 15.2 Å². The van der Waals surface area contributed by atoms with Gasteiger partial charge in [0.15, 0.2) is 17.3 Å². The molecular formula is C23H28N2O4. The van der Waals surface area contributed by atoms with E-state index in [0.717, 1.165) is 0 Å². The molecule has 2 N–H and O–H groups in total. The van der Waals surface area contributed by atoms with Crippen molar-refractivity contribution < 1.29 is 19.1 Å². The van der Waals surface area contributed by atoms with Crippen molar-refractivity contribution in [3.63, 3.8) is 0 Å². The van der Waals surface area contributed by atoms with Gasteiger partial charge in [-0.05, 0) is 36.2 Å². The Morgan fingerprint density at radius 3 is 2.38 bits per heavy atom. The maximum absolute atomic E-state index is 12.7. The first kappa shape index (κ1) is 20.9. The molecule has 0 spiro atoms. The van der Waals surface area contributed by atoms with Gasteiger partial charge in [-0.3, -0.25) is 9.59 Å². The summed E-state index contributed by atoms with van der Waals surface area (Å²) in [5.41, 5.74) is 7.68. The maximum Gasteiger partial charge on any atom is 0.223 e. The van der Waals surface area contributed by atoms with E-state index >= 15 is 0 Å². The Balaban J connectivity index is 1.60. The molecule has 1 aliphatic rings. The summed E-state index contributed by atoms with van der Waals surface area (Å²) in [5.74, 6) is 1.46. The molecule has 29 heavy (non-hydrogen) atoms. The van der Waals surface area contributed by atoms with Gasteiger partial charge in [-0.25, -0.2) is 0 Å². The van der Waals surface area contributed by atoms with E-state index in [9.17, 15) is 9.59 Å². The third kappa shape index (κ3) is 4.77. The first-order valence-corrected chi connectivity index (χ1v) is 9.85. The lowest BCUT2D eigenvalue weighted by Gasteiger charge is -2.17. The van der Waals surface area contributed by atoms with Crippen LogP contribution < -0.4 is 15.2 Å². The molecule has 1 amide bonds. The Hall–Kier alpha value is -2.86. The lowest BCUT2D eigenvalue weighted by atomic mass is 9.89. The van der Waals surface area contributed by atoms with E-state index in [1.165, 1.54) is 12.7 Å². The summed E-state index contributed by atoms with van der Waals surface area (Å²) in [7, 11) is 3.07. The summed E-state index contributed by atoms with van der Waals surface area (Å²) in [4.78, 5) is 27.1. The lowest BCUT2D eigenvalue weighted by Crippen LogP contribution is -2.30. The van der Waals surface area contributed by atoms with Gasteiger partial charge in [-0.15, -0.1) is 0 Å². The minimum Gasteiger partial charge on any atom is -0.493 e. The molecule has 0 unspecified atom stereocenters. The number of hydrogen-bond donors (Lipinski definition) is 1. The molecule has 6 heteroatoms. The van der Waals surface area contributed by atoms with Crippen molar-refractivity contribution in [1.82, 2.24) is 4.90 Å². The van der Waals surface area contributed by atoms with Crippen LogP contribution in [0.1, 0.15) is 34.7 Å². The van der Waals surface area contributed by atoms with E-state index in [0.29, 0.717) is 36.7 Å². The number of ether oxygens (including phenoxy) is 2. The molecule has 0 bridgehead atoms. The highest BCUT2D eigenvalue weighted by atomic mass is 16.5. The van der Waals surface area contributed by atoms with Crippen LogP contribution in [0.3, 0.4) is 0 Å². The SMILES string of the molecule is COc1ccc(C(=O)CCC(=O)N2C[C@@H](CN)[C@H](c3ccccc3)C2)cc1OC. The third-order valence-corrected chi connectivity index (χ3v) is 5.60. The molecule has 6 nitrogen and oxygen atoms in total. The second-order valence-electron chi connectivity index (χ2n) is 7.30. The highest BCUT2D eigenvalue weighted by Gasteiger charge is 2.35. The molecule has 0 aromatic heterocycles. The number of rotatable bonds is 8. The molecule has 154 valence electrons. The van der Waals surface area contributed by atoms with E-state index in [-0.39, 0.29) is 36.4 Å². The first-order valence-electron chi connectivity index (χ1n) is 9.85. The maximum atomic E-state index is 12.7. The zero-order valence-electron chi connectivity index (χ0n) is 17.0. The van der Waals surface area contributed by atoms with Crippen LogP contribution in [0.25, 0.3) is 0 Å². The average Bonchev–Trinajstić information content (AvgIpc) is 3.22. The third-order valence-electron chi connectivity index (χ3n) is 5.60. The number of likely N-dealkylation sites (tertiary alicyclic amines) is 1. The van der Waals surface area contributed by atoms with Gasteiger partial charge in [0.05, 0.1) is 14.2 Å². The zero-order valence-corrected chi connectivity index (χ0v) is 17.0. The van der Waals surface area contributed by atoms with Crippen LogP contribution in [0.2, 0.25) is 0 Å². The number of nitrogens with two attached hydrogens (primary N) is 1. The van der Waals surface area contributed by atoms with E-state index < -0.39 is 0 Å². The van der Waals surface area contributed by atoms with Crippen molar-refractivity contribution in [3.8, 4) is 11.5 Å². The highest BCUT2D eigenvalue weighted by Crippen LogP contribution is 2.32. The smallest absolute Gasteiger partial charge is 0.223 e. The lowest BCUT2D eigenvalue weighted by molar-refractivity contribution is -0.130. The Bertz CT molecular complexity index is 853. The monoisotopic (exact) mass is 396 g/mol. The van der Waals surface area contributed by atoms with Crippen molar-refractivity contribution in [2.24, 2.45) is 11.7 Å². The molecule has 0 saturated carbocycles. The summed E-state index contributed by atoms with van der Waals surface area (Å²) < 4.78 is 10.4. The zero-order chi connectivity index (χ0) is 20.8. The number of ketones is 1. The summed E-state index contributed by atoms with van der Waals surface area (Å²) in [6.07, 6.45) is 0.347. The van der Waals surface area contributed by atoms with Crippen LogP contribution in [-0.2, 0) is 4.79 Å². The molecular weight excluding hydrogens is 368 g/mol. The number of carbonyl (C=O) groups is 2. The average molecular weight is 396 g/mol. The minimum absolute atomic E-state index is 0.00397. The number of amides is 1. The predicted molar refractivity (Wildman–Crippen MR) is 111 cm³/mol. The number of Topliss-reactive ketones (excluding diaryl/α,β-unsaturated/α-hetero) is 1. The fraction of sp³-hybridized carbons (Fsp3) is 0.391. The Morgan fingerprint density at radius 1 is 1.00 bits per heavy atom. The standard InChI is InChI=1S/C23H28N2O4/c1-28-21-10-8-17(12-22(21)29-2)20(26)9-11-23(27)25-14-18(13-24)19(15-25)16-6-4-3-5-7-16/h3-8,10,12,18-19H,9,11,13-15,24H2,1-2H3/t18-,19+/m1/s1. The summed E-state index contributed by atoms with van der Waals surface area (Å²) in [5, 5.41) is 0. The van der Waals surface area contributed by atoms with Gasteiger partial charge in [-0.2, -0.15) is 0 Å². The fourth-order valence-corrected chi connectivity index (χ4v) is 3.92. The van der Waals surface area contributed by atoms with Crippen LogP contribution >= 0.6 is 0 Å². The second-order valence-corrected chi connectivity index (χ2v) is 7.30. The summed E-state index contributed by atoms with van der Waals surface area (Å²) in [6, 6.07) is 15.2. The Kier molecular flexibility index (Phi) is 6.88. The quantitative estimate of drug-likeness (QED) is 0.694. The molecule has 1 aliphatic heterocycles. The molecule has 2 aromatic rings. The molecule has 2 atom stereocenters. The normalized spacial score (nSPS) is 18.5. The first-order chi connectivity index (χ1) is 14.1. The Labute approximate surface area is 171 Å². The predicted octanol–water partition coefficient (Wildman–Crippen LogP) is 2.87. The van der Waals surface area contributed by atoms with Gasteiger partial charge >= 0.3 is 0 Å². The van der Waals surface area contributed by atoms with E-state index in [2.05, 4.69) is 12.1 Å². The number of carbonyl (C=O) groups excluding carboxylic acids is 2. The van der Waals surface area contributed by atoms with Crippen LogP contribution in [0, 0.1) is 5.92 Å². The largest absolute Gasteiger partial charge is 0.493 e. The molecule has 2 aromatic carbocycles. The molecule has 1 fully saturated rings. The van der Waals surface area contributed by atoms with Gasteiger partial charge in [0.25, 0.3) is 0 Å². The number of benzene rings is 2. The fourth-order valence-electron chi connectivity index (χ4n) is 3.92. The minimum atomic E-state index is -0.0894. The van der Waals surface area contributed by atoms with Crippen molar-refractivity contribution in [3.05, 3.63) is 59.7 Å². The number of methoxy groups -OCH3 is 2. The van der Waals surface area contributed by atoms with Crippen LogP contribution in [0.5, 0.6) is 11.5 Å².